The first-order valence-electron chi connectivity index (χ1n) is 5.68. The molecule has 1 rings (SSSR count). The lowest BCUT2D eigenvalue weighted by Crippen LogP contribution is -2.45. The number of hydrogen-bond acceptors (Lipinski definition) is 3. The van der Waals surface area contributed by atoms with Crippen molar-refractivity contribution in [3.8, 4) is 0 Å². The zero-order chi connectivity index (χ0) is 11.3. The molecule has 1 amide bonds. The lowest BCUT2D eigenvalue weighted by molar-refractivity contribution is -0.130. The van der Waals surface area contributed by atoms with Crippen LogP contribution in [0, 0.1) is 11.3 Å². The fourth-order valence-electron chi connectivity index (χ4n) is 1.59. The molecule has 1 aliphatic heterocycles. The van der Waals surface area contributed by atoms with E-state index < -0.39 is 0 Å². The summed E-state index contributed by atoms with van der Waals surface area (Å²) in [5, 5.41) is 3.03. The third kappa shape index (κ3) is 3.38. The molecule has 0 aromatic heterocycles. The summed E-state index contributed by atoms with van der Waals surface area (Å²) in [5.74, 6) is 3.20. The zero-order valence-corrected chi connectivity index (χ0v) is 10.5. The maximum Gasteiger partial charge on any atom is 0.227 e. The number of nitrogens with one attached hydrogen (secondary N) is 1. The minimum atomic E-state index is -0.383. The van der Waals surface area contributed by atoms with Crippen molar-refractivity contribution in [1.82, 2.24) is 5.32 Å². The molecular weight excluding hydrogens is 208 g/mol. The lowest BCUT2D eigenvalue weighted by atomic mass is 9.86. The monoisotopic (exact) mass is 230 g/mol. The van der Waals surface area contributed by atoms with Crippen LogP contribution in [-0.4, -0.2) is 30.5 Å². The van der Waals surface area contributed by atoms with Gasteiger partial charge in [0.05, 0.1) is 5.41 Å². The Morgan fingerprint density at radius 1 is 1.67 bits per heavy atom. The fraction of sp³-hybridized carbons (Fsp3) is 0.909. The molecule has 88 valence electrons. The molecule has 1 heterocycles. The van der Waals surface area contributed by atoms with Crippen molar-refractivity contribution < 1.29 is 4.79 Å². The topological polar surface area (TPSA) is 55.1 Å². The van der Waals surface area contributed by atoms with Crippen LogP contribution in [0.4, 0.5) is 0 Å². The van der Waals surface area contributed by atoms with Crippen LogP contribution in [0.2, 0.25) is 0 Å². The SMILES string of the molecule is CCC(C)(CN)C(=O)NCC1CCSC1. The van der Waals surface area contributed by atoms with Crippen molar-refractivity contribution >= 4 is 17.7 Å². The Hall–Kier alpha value is -0.220. The van der Waals surface area contributed by atoms with E-state index in [2.05, 4.69) is 5.32 Å². The van der Waals surface area contributed by atoms with Gasteiger partial charge in [0.2, 0.25) is 5.91 Å². The molecule has 0 bridgehead atoms. The molecule has 0 aromatic carbocycles. The van der Waals surface area contributed by atoms with Crippen LogP contribution >= 0.6 is 11.8 Å². The molecule has 15 heavy (non-hydrogen) atoms. The second kappa shape index (κ2) is 5.75. The van der Waals surface area contributed by atoms with E-state index in [9.17, 15) is 4.79 Å². The van der Waals surface area contributed by atoms with Crippen LogP contribution in [0.25, 0.3) is 0 Å². The molecule has 0 radical (unpaired) electrons. The van der Waals surface area contributed by atoms with Gasteiger partial charge >= 0.3 is 0 Å². The van der Waals surface area contributed by atoms with Crippen molar-refractivity contribution in [2.45, 2.75) is 26.7 Å². The summed E-state index contributed by atoms with van der Waals surface area (Å²) >= 11 is 1.98. The molecule has 1 saturated heterocycles. The van der Waals surface area contributed by atoms with Gasteiger partial charge in [0.15, 0.2) is 0 Å². The van der Waals surface area contributed by atoms with Crippen LogP contribution in [0.3, 0.4) is 0 Å². The minimum absolute atomic E-state index is 0.115. The third-order valence-electron chi connectivity index (χ3n) is 3.35. The summed E-state index contributed by atoms with van der Waals surface area (Å²) < 4.78 is 0. The van der Waals surface area contributed by atoms with Crippen molar-refractivity contribution in [2.75, 3.05) is 24.6 Å². The summed E-state index contributed by atoms with van der Waals surface area (Å²) in [4.78, 5) is 11.9. The molecule has 0 spiro atoms. The number of thioether (sulfide) groups is 1. The van der Waals surface area contributed by atoms with E-state index in [-0.39, 0.29) is 11.3 Å². The van der Waals surface area contributed by atoms with Crippen LogP contribution in [0.15, 0.2) is 0 Å². The number of carbonyl (C=O) groups excluding carboxylic acids is 1. The van der Waals surface area contributed by atoms with Gasteiger partial charge in [-0.1, -0.05) is 6.92 Å². The Bertz CT molecular complexity index is 211. The zero-order valence-electron chi connectivity index (χ0n) is 9.71. The molecule has 0 aromatic rings. The molecule has 0 saturated carbocycles. The molecule has 1 fully saturated rings. The first kappa shape index (κ1) is 12.8. The molecule has 2 atom stereocenters. The van der Waals surface area contributed by atoms with Gasteiger partial charge in [0.25, 0.3) is 0 Å². The molecular formula is C11H22N2OS. The van der Waals surface area contributed by atoms with Gasteiger partial charge in [0.1, 0.15) is 0 Å². The summed E-state index contributed by atoms with van der Waals surface area (Å²) in [5.41, 5.74) is 5.25. The number of rotatable bonds is 5. The number of hydrogen-bond donors (Lipinski definition) is 2. The molecule has 3 nitrogen and oxygen atoms in total. The summed E-state index contributed by atoms with van der Waals surface area (Å²) in [6.45, 7) is 5.19. The molecule has 1 aliphatic rings. The first-order chi connectivity index (χ1) is 7.12. The van der Waals surface area contributed by atoms with E-state index in [4.69, 9.17) is 5.73 Å². The Balaban J connectivity index is 2.33. The van der Waals surface area contributed by atoms with Gasteiger partial charge in [0, 0.05) is 13.1 Å². The Morgan fingerprint density at radius 2 is 2.40 bits per heavy atom. The molecule has 3 N–H and O–H groups in total. The average Bonchev–Trinajstić information content (AvgIpc) is 2.77. The van der Waals surface area contributed by atoms with E-state index >= 15 is 0 Å². The Kier molecular flexibility index (Phi) is 4.93. The van der Waals surface area contributed by atoms with Gasteiger partial charge in [-0.15, -0.1) is 0 Å². The quantitative estimate of drug-likeness (QED) is 0.747. The van der Waals surface area contributed by atoms with Crippen LogP contribution < -0.4 is 11.1 Å². The predicted molar refractivity (Wildman–Crippen MR) is 65.9 cm³/mol. The molecule has 2 unspecified atom stereocenters. The number of carbonyl (C=O) groups is 1. The normalized spacial score (nSPS) is 24.9. The highest BCUT2D eigenvalue weighted by Crippen LogP contribution is 2.23. The van der Waals surface area contributed by atoms with Crippen LogP contribution in [0.5, 0.6) is 0 Å². The van der Waals surface area contributed by atoms with Crippen molar-refractivity contribution in [3.63, 3.8) is 0 Å². The highest BCUT2D eigenvalue weighted by atomic mass is 32.2. The van der Waals surface area contributed by atoms with Gasteiger partial charge in [-0.25, -0.2) is 0 Å². The smallest absolute Gasteiger partial charge is 0.227 e. The standard InChI is InChI=1S/C11H22N2OS/c1-3-11(2,8-12)10(14)13-6-9-4-5-15-7-9/h9H,3-8,12H2,1-2H3,(H,13,14). The highest BCUT2D eigenvalue weighted by Gasteiger charge is 2.30. The summed E-state index contributed by atoms with van der Waals surface area (Å²) in [7, 11) is 0. The second-order valence-electron chi connectivity index (χ2n) is 4.56. The first-order valence-corrected chi connectivity index (χ1v) is 6.84. The molecule has 4 heteroatoms. The summed E-state index contributed by atoms with van der Waals surface area (Å²) in [6.07, 6.45) is 2.03. The Morgan fingerprint density at radius 3 is 2.87 bits per heavy atom. The lowest BCUT2D eigenvalue weighted by Gasteiger charge is -2.25. The Labute approximate surface area is 96.6 Å². The number of amides is 1. The van der Waals surface area contributed by atoms with Crippen molar-refractivity contribution in [2.24, 2.45) is 17.1 Å². The van der Waals surface area contributed by atoms with Gasteiger partial charge in [-0.3, -0.25) is 4.79 Å². The summed E-state index contributed by atoms with van der Waals surface area (Å²) in [6, 6.07) is 0. The highest BCUT2D eigenvalue weighted by molar-refractivity contribution is 7.99. The van der Waals surface area contributed by atoms with Gasteiger partial charge in [-0.05, 0) is 37.2 Å². The van der Waals surface area contributed by atoms with Crippen molar-refractivity contribution in [1.29, 1.82) is 0 Å². The predicted octanol–water partition coefficient (Wildman–Crippen LogP) is 1.23. The van der Waals surface area contributed by atoms with Crippen LogP contribution in [-0.2, 0) is 4.79 Å². The van der Waals surface area contributed by atoms with E-state index in [1.165, 1.54) is 17.9 Å². The van der Waals surface area contributed by atoms with Crippen molar-refractivity contribution in [3.05, 3.63) is 0 Å². The minimum Gasteiger partial charge on any atom is -0.355 e. The van der Waals surface area contributed by atoms with Gasteiger partial charge in [-0.2, -0.15) is 11.8 Å². The van der Waals surface area contributed by atoms with Gasteiger partial charge < -0.3 is 11.1 Å². The molecule has 0 aliphatic carbocycles. The van der Waals surface area contributed by atoms with E-state index in [1.807, 2.05) is 25.6 Å². The second-order valence-corrected chi connectivity index (χ2v) is 5.71. The largest absolute Gasteiger partial charge is 0.355 e. The van der Waals surface area contributed by atoms with E-state index in [0.29, 0.717) is 12.5 Å². The number of nitrogens with two attached hydrogens (primary N) is 1. The van der Waals surface area contributed by atoms with Crippen LogP contribution in [0.1, 0.15) is 26.7 Å². The third-order valence-corrected chi connectivity index (χ3v) is 4.59. The fourth-order valence-corrected chi connectivity index (χ4v) is 2.88. The maximum absolute atomic E-state index is 11.9. The maximum atomic E-state index is 11.9. The average molecular weight is 230 g/mol. The van der Waals surface area contributed by atoms with E-state index in [1.54, 1.807) is 0 Å². The van der Waals surface area contributed by atoms with E-state index in [0.717, 1.165) is 13.0 Å².